The highest BCUT2D eigenvalue weighted by Crippen LogP contribution is 2.32. The molecule has 0 saturated heterocycles. The minimum Gasteiger partial charge on any atom is -0.497 e. The number of carbonyl (C=O) groups excluding carboxylic acids is 1. The smallest absolute Gasteiger partial charge is 0.220 e. The number of ether oxygens (including phenoxy) is 1. The molecule has 2 atom stereocenters. The highest BCUT2D eigenvalue weighted by molar-refractivity contribution is 5.77. The molecule has 1 aromatic rings. The molecule has 1 aliphatic carbocycles. The number of nitrogens with one attached hydrogen (secondary N) is 1. The first-order valence-electron chi connectivity index (χ1n) is 7.27. The van der Waals surface area contributed by atoms with E-state index in [9.17, 15) is 4.79 Å². The van der Waals surface area contributed by atoms with Crippen LogP contribution in [-0.2, 0) is 4.79 Å². The van der Waals surface area contributed by atoms with Gasteiger partial charge in [-0.05, 0) is 42.4 Å². The van der Waals surface area contributed by atoms with E-state index >= 15 is 0 Å². The van der Waals surface area contributed by atoms with Gasteiger partial charge in [-0.1, -0.05) is 19.1 Å². The van der Waals surface area contributed by atoms with Gasteiger partial charge in [-0.25, -0.2) is 0 Å². The van der Waals surface area contributed by atoms with Crippen LogP contribution in [0.3, 0.4) is 0 Å². The standard InChI is InChI=1S/C16H24N2O2/c1-11(13-4-3-5-14(9-13)20-2)8-16(19)18-15(10-17)12-6-7-12/h3-5,9,11-12,15H,6-8,10,17H2,1-2H3,(H,18,19). The highest BCUT2D eigenvalue weighted by atomic mass is 16.5. The number of hydrogen-bond donors (Lipinski definition) is 2. The third-order valence-electron chi connectivity index (χ3n) is 3.95. The van der Waals surface area contributed by atoms with Crippen LogP contribution in [0.2, 0.25) is 0 Å². The van der Waals surface area contributed by atoms with Gasteiger partial charge in [0.05, 0.1) is 7.11 Å². The molecule has 20 heavy (non-hydrogen) atoms. The maximum absolute atomic E-state index is 12.1. The van der Waals surface area contributed by atoms with Gasteiger partial charge in [0, 0.05) is 19.0 Å². The summed E-state index contributed by atoms with van der Waals surface area (Å²) < 4.78 is 5.21. The number of benzene rings is 1. The summed E-state index contributed by atoms with van der Waals surface area (Å²) in [6.07, 6.45) is 2.86. The predicted octanol–water partition coefficient (Wildman–Crippen LogP) is 2.04. The Labute approximate surface area is 120 Å². The summed E-state index contributed by atoms with van der Waals surface area (Å²) in [6.45, 7) is 2.59. The van der Waals surface area contributed by atoms with E-state index in [1.807, 2.05) is 24.3 Å². The fourth-order valence-corrected chi connectivity index (χ4v) is 2.48. The number of methoxy groups -OCH3 is 1. The van der Waals surface area contributed by atoms with Crippen LogP contribution in [0.4, 0.5) is 0 Å². The van der Waals surface area contributed by atoms with Gasteiger partial charge >= 0.3 is 0 Å². The van der Waals surface area contributed by atoms with Crippen molar-refractivity contribution in [3.63, 3.8) is 0 Å². The Morgan fingerprint density at radius 3 is 2.85 bits per heavy atom. The predicted molar refractivity (Wildman–Crippen MR) is 79.7 cm³/mol. The van der Waals surface area contributed by atoms with Crippen molar-refractivity contribution in [3.05, 3.63) is 29.8 Å². The van der Waals surface area contributed by atoms with Crippen LogP contribution in [0.25, 0.3) is 0 Å². The van der Waals surface area contributed by atoms with E-state index < -0.39 is 0 Å². The molecule has 0 aliphatic heterocycles. The number of rotatable bonds is 7. The van der Waals surface area contributed by atoms with Crippen molar-refractivity contribution in [2.75, 3.05) is 13.7 Å². The summed E-state index contributed by atoms with van der Waals surface area (Å²) in [4.78, 5) is 12.1. The van der Waals surface area contributed by atoms with Crippen LogP contribution in [-0.4, -0.2) is 25.6 Å². The Kier molecular flexibility index (Phi) is 5.01. The Bertz CT molecular complexity index is 458. The second-order valence-corrected chi connectivity index (χ2v) is 5.63. The molecular weight excluding hydrogens is 252 g/mol. The van der Waals surface area contributed by atoms with Gasteiger partial charge in [-0.3, -0.25) is 4.79 Å². The van der Waals surface area contributed by atoms with Crippen LogP contribution in [0.1, 0.15) is 37.7 Å². The van der Waals surface area contributed by atoms with Crippen LogP contribution in [0.5, 0.6) is 5.75 Å². The Morgan fingerprint density at radius 1 is 1.50 bits per heavy atom. The molecule has 0 radical (unpaired) electrons. The molecular formula is C16H24N2O2. The van der Waals surface area contributed by atoms with E-state index in [2.05, 4.69) is 12.2 Å². The molecule has 0 heterocycles. The zero-order valence-electron chi connectivity index (χ0n) is 12.3. The van der Waals surface area contributed by atoms with Crippen molar-refractivity contribution < 1.29 is 9.53 Å². The second kappa shape index (κ2) is 6.75. The minimum atomic E-state index is 0.0858. The molecule has 1 saturated carbocycles. The average Bonchev–Trinajstić information content (AvgIpc) is 3.29. The molecule has 110 valence electrons. The zero-order valence-corrected chi connectivity index (χ0v) is 12.3. The molecule has 2 rings (SSSR count). The van der Waals surface area contributed by atoms with Crippen molar-refractivity contribution in [2.24, 2.45) is 11.7 Å². The molecule has 0 spiro atoms. The lowest BCUT2D eigenvalue weighted by molar-refractivity contribution is -0.122. The van der Waals surface area contributed by atoms with Gasteiger partial charge in [0.15, 0.2) is 0 Å². The van der Waals surface area contributed by atoms with Crippen LogP contribution >= 0.6 is 0 Å². The van der Waals surface area contributed by atoms with Gasteiger partial charge in [-0.2, -0.15) is 0 Å². The maximum atomic E-state index is 12.1. The number of carbonyl (C=O) groups is 1. The minimum absolute atomic E-state index is 0.0858. The third kappa shape index (κ3) is 3.97. The molecule has 0 bridgehead atoms. The summed E-state index contributed by atoms with van der Waals surface area (Å²) in [7, 11) is 1.65. The molecule has 4 nitrogen and oxygen atoms in total. The largest absolute Gasteiger partial charge is 0.497 e. The summed E-state index contributed by atoms with van der Waals surface area (Å²) >= 11 is 0. The van der Waals surface area contributed by atoms with Gasteiger partial charge in [0.1, 0.15) is 5.75 Å². The first kappa shape index (κ1) is 14.9. The van der Waals surface area contributed by atoms with Crippen LogP contribution < -0.4 is 15.8 Å². The second-order valence-electron chi connectivity index (χ2n) is 5.63. The zero-order chi connectivity index (χ0) is 14.5. The maximum Gasteiger partial charge on any atom is 0.220 e. The van der Waals surface area contributed by atoms with Crippen molar-refractivity contribution in [2.45, 2.75) is 38.1 Å². The van der Waals surface area contributed by atoms with E-state index in [1.54, 1.807) is 7.11 Å². The molecule has 2 unspecified atom stereocenters. The van der Waals surface area contributed by atoms with Crippen molar-refractivity contribution in [3.8, 4) is 5.75 Å². The molecule has 1 aliphatic rings. The Morgan fingerprint density at radius 2 is 2.25 bits per heavy atom. The van der Waals surface area contributed by atoms with Crippen LogP contribution in [0.15, 0.2) is 24.3 Å². The molecule has 3 N–H and O–H groups in total. The quantitative estimate of drug-likeness (QED) is 0.801. The normalized spacial score (nSPS) is 17.4. The molecule has 0 aromatic heterocycles. The van der Waals surface area contributed by atoms with E-state index in [1.165, 1.54) is 12.8 Å². The molecule has 1 amide bonds. The van der Waals surface area contributed by atoms with E-state index in [0.29, 0.717) is 18.9 Å². The first-order chi connectivity index (χ1) is 9.63. The van der Waals surface area contributed by atoms with Gasteiger partial charge in [0.2, 0.25) is 5.91 Å². The van der Waals surface area contributed by atoms with Crippen molar-refractivity contribution in [1.82, 2.24) is 5.32 Å². The molecule has 4 heteroatoms. The lowest BCUT2D eigenvalue weighted by Crippen LogP contribution is -2.42. The summed E-state index contributed by atoms with van der Waals surface area (Å²) in [6, 6.07) is 8.03. The number of amides is 1. The van der Waals surface area contributed by atoms with Gasteiger partial charge in [-0.15, -0.1) is 0 Å². The molecule has 1 aromatic carbocycles. The van der Waals surface area contributed by atoms with E-state index in [4.69, 9.17) is 10.5 Å². The van der Waals surface area contributed by atoms with Gasteiger partial charge in [0.25, 0.3) is 0 Å². The van der Waals surface area contributed by atoms with Crippen LogP contribution in [0, 0.1) is 5.92 Å². The fourth-order valence-electron chi connectivity index (χ4n) is 2.48. The summed E-state index contributed by atoms with van der Waals surface area (Å²) in [5.74, 6) is 1.68. The van der Waals surface area contributed by atoms with E-state index in [-0.39, 0.29) is 17.9 Å². The fraction of sp³-hybridized carbons (Fsp3) is 0.562. The Hall–Kier alpha value is -1.55. The monoisotopic (exact) mass is 276 g/mol. The van der Waals surface area contributed by atoms with Crippen molar-refractivity contribution in [1.29, 1.82) is 0 Å². The SMILES string of the molecule is COc1cccc(C(C)CC(=O)NC(CN)C2CC2)c1. The lowest BCUT2D eigenvalue weighted by Gasteiger charge is -2.18. The summed E-state index contributed by atoms with van der Waals surface area (Å²) in [5, 5.41) is 3.06. The average molecular weight is 276 g/mol. The molecule has 1 fully saturated rings. The highest BCUT2D eigenvalue weighted by Gasteiger charge is 2.31. The third-order valence-corrected chi connectivity index (χ3v) is 3.95. The van der Waals surface area contributed by atoms with E-state index in [0.717, 1.165) is 11.3 Å². The van der Waals surface area contributed by atoms with Gasteiger partial charge < -0.3 is 15.8 Å². The summed E-state index contributed by atoms with van der Waals surface area (Å²) in [5.41, 5.74) is 6.83. The number of hydrogen-bond acceptors (Lipinski definition) is 3. The lowest BCUT2D eigenvalue weighted by atomic mass is 9.97. The Balaban J connectivity index is 1.89. The van der Waals surface area contributed by atoms with Crippen molar-refractivity contribution >= 4 is 5.91 Å². The number of nitrogens with two attached hydrogens (primary N) is 1. The first-order valence-corrected chi connectivity index (χ1v) is 7.27. The topological polar surface area (TPSA) is 64.3 Å².